The lowest BCUT2D eigenvalue weighted by Crippen LogP contribution is -2.21. The van der Waals surface area contributed by atoms with Crippen LogP contribution >= 0.6 is 0 Å². The highest BCUT2D eigenvalue weighted by atomic mass is 16.5. The molecule has 1 atom stereocenters. The Morgan fingerprint density at radius 1 is 1.38 bits per heavy atom. The molecule has 0 spiro atoms. The number of hydrogen-bond donors (Lipinski definition) is 1. The van der Waals surface area contributed by atoms with E-state index in [9.17, 15) is 0 Å². The Morgan fingerprint density at radius 2 is 2.24 bits per heavy atom. The molecule has 0 amide bonds. The first-order valence-electron chi connectivity index (χ1n) is 7.24. The quantitative estimate of drug-likeness (QED) is 0.834. The minimum Gasteiger partial charge on any atom is -0.495 e. The Morgan fingerprint density at radius 3 is 2.95 bits per heavy atom. The molecule has 0 saturated carbocycles. The maximum absolute atomic E-state index is 8.84. The fourth-order valence-corrected chi connectivity index (χ4v) is 2.77. The first kappa shape index (κ1) is 15.8. The van der Waals surface area contributed by atoms with Crippen molar-refractivity contribution in [2.24, 2.45) is 5.92 Å². The molecule has 21 heavy (non-hydrogen) atoms. The molecule has 1 unspecified atom stereocenters. The third-order valence-electron chi connectivity index (χ3n) is 3.74. The first-order chi connectivity index (χ1) is 10.3. The lowest BCUT2D eigenvalue weighted by atomic mass is 10.1. The molecule has 1 aliphatic heterocycles. The summed E-state index contributed by atoms with van der Waals surface area (Å²) in [5.74, 6) is 7.01. The number of ether oxygens (including phenoxy) is 2. The molecule has 0 aromatic heterocycles. The van der Waals surface area contributed by atoms with Gasteiger partial charge in [0.05, 0.1) is 19.3 Å². The van der Waals surface area contributed by atoms with E-state index in [1.165, 1.54) is 12.0 Å². The minimum atomic E-state index is -0.141. The zero-order valence-corrected chi connectivity index (χ0v) is 12.8. The van der Waals surface area contributed by atoms with Crippen molar-refractivity contribution in [3.8, 4) is 17.6 Å². The zero-order chi connectivity index (χ0) is 15.1. The van der Waals surface area contributed by atoms with Crippen LogP contribution in [-0.4, -0.2) is 50.5 Å². The Hall–Kier alpha value is -1.54. The van der Waals surface area contributed by atoms with Crippen LogP contribution in [0.25, 0.3) is 0 Å². The second-order valence-corrected chi connectivity index (χ2v) is 5.34. The topological polar surface area (TPSA) is 41.9 Å². The van der Waals surface area contributed by atoms with E-state index < -0.39 is 0 Å². The van der Waals surface area contributed by atoms with Gasteiger partial charge in [-0.15, -0.1) is 0 Å². The largest absolute Gasteiger partial charge is 0.495 e. The van der Waals surface area contributed by atoms with Gasteiger partial charge in [0.25, 0.3) is 0 Å². The van der Waals surface area contributed by atoms with Crippen LogP contribution in [0.15, 0.2) is 18.2 Å². The third-order valence-corrected chi connectivity index (χ3v) is 3.74. The second-order valence-electron chi connectivity index (χ2n) is 5.34. The Bertz CT molecular complexity index is 519. The third kappa shape index (κ3) is 4.47. The number of nitrogens with zero attached hydrogens (tertiary/aromatic N) is 1. The first-order valence-corrected chi connectivity index (χ1v) is 7.24. The van der Waals surface area contributed by atoms with Gasteiger partial charge in [0.1, 0.15) is 12.4 Å². The number of aliphatic hydroxyl groups is 1. The van der Waals surface area contributed by atoms with Crippen molar-refractivity contribution in [3.63, 3.8) is 0 Å². The summed E-state index contributed by atoms with van der Waals surface area (Å²) in [4.78, 5) is 2.44. The fraction of sp³-hybridized carbons (Fsp3) is 0.529. The van der Waals surface area contributed by atoms with Gasteiger partial charge in [-0.25, -0.2) is 0 Å². The number of rotatable bonds is 5. The van der Waals surface area contributed by atoms with Crippen LogP contribution in [0.2, 0.25) is 0 Å². The number of benzene rings is 1. The van der Waals surface area contributed by atoms with Gasteiger partial charge in [0.15, 0.2) is 0 Å². The SMILES string of the molecule is COCC1CCN(Cc2ccc(OC)c(C#CCO)c2)C1. The smallest absolute Gasteiger partial charge is 0.134 e. The molecular formula is C17H23NO3. The fourth-order valence-electron chi connectivity index (χ4n) is 2.77. The van der Waals surface area contributed by atoms with E-state index in [0.717, 1.165) is 37.6 Å². The predicted octanol–water partition coefficient (Wildman–Crippen LogP) is 1.51. The summed E-state index contributed by atoms with van der Waals surface area (Å²) < 4.78 is 10.5. The molecule has 1 aromatic rings. The Balaban J connectivity index is 2.04. The zero-order valence-electron chi connectivity index (χ0n) is 12.8. The van der Waals surface area contributed by atoms with Crippen molar-refractivity contribution >= 4 is 0 Å². The summed E-state index contributed by atoms with van der Waals surface area (Å²) in [6, 6.07) is 6.07. The molecule has 1 saturated heterocycles. The van der Waals surface area contributed by atoms with Crippen LogP contribution in [0.3, 0.4) is 0 Å². The molecule has 2 rings (SSSR count). The van der Waals surface area contributed by atoms with E-state index in [0.29, 0.717) is 5.92 Å². The van der Waals surface area contributed by atoms with E-state index in [1.807, 2.05) is 12.1 Å². The highest BCUT2D eigenvalue weighted by Crippen LogP contribution is 2.22. The molecule has 1 heterocycles. The summed E-state index contributed by atoms with van der Waals surface area (Å²) in [7, 11) is 3.40. The molecule has 0 radical (unpaired) electrons. The molecule has 114 valence electrons. The number of aliphatic hydroxyl groups excluding tert-OH is 1. The standard InChI is InChI=1S/C17H23NO3/c1-20-13-15-7-8-18(12-15)11-14-5-6-17(21-2)16(10-14)4-3-9-19/h5-6,10,15,19H,7-9,11-13H2,1-2H3. The maximum Gasteiger partial charge on any atom is 0.134 e. The van der Waals surface area contributed by atoms with Crippen molar-refractivity contribution in [3.05, 3.63) is 29.3 Å². The minimum absolute atomic E-state index is 0.141. The van der Waals surface area contributed by atoms with Gasteiger partial charge in [-0.05, 0) is 36.6 Å². The molecule has 4 heteroatoms. The average Bonchev–Trinajstić information content (AvgIpc) is 2.93. The van der Waals surface area contributed by atoms with E-state index >= 15 is 0 Å². The van der Waals surface area contributed by atoms with Crippen molar-refractivity contribution in [1.82, 2.24) is 4.90 Å². The Labute approximate surface area is 126 Å². The average molecular weight is 289 g/mol. The molecule has 0 aliphatic carbocycles. The summed E-state index contributed by atoms with van der Waals surface area (Å²) in [6.07, 6.45) is 1.20. The number of likely N-dealkylation sites (tertiary alicyclic amines) is 1. The Kier molecular flexibility index (Phi) is 6.06. The molecule has 0 bridgehead atoms. The van der Waals surface area contributed by atoms with Crippen molar-refractivity contribution in [1.29, 1.82) is 0 Å². The highest BCUT2D eigenvalue weighted by molar-refractivity contribution is 5.48. The van der Waals surface area contributed by atoms with Crippen molar-refractivity contribution in [2.45, 2.75) is 13.0 Å². The van der Waals surface area contributed by atoms with E-state index in [2.05, 4.69) is 22.8 Å². The highest BCUT2D eigenvalue weighted by Gasteiger charge is 2.22. The van der Waals surface area contributed by atoms with E-state index in [4.69, 9.17) is 14.6 Å². The lowest BCUT2D eigenvalue weighted by Gasteiger charge is -2.16. The second kappa shape index (κ2) is 8.04. The van der Waals surface area contributed by atoms with Gasteiger partial charge >= 0.3 is 0 Å². The molecule has 1 N–H and O–H groups in total. The van der Waals surface area contributed by atoms with Gasteiger partial charge in [-0.2, -0.15) is 0 Å². The van der Waals surface area contributed by atoms with E-state index in [-0.39, 0.29) is 6.61 Å². The molecule has 1 aromatic carbocycles. The van der Waals surface area contributed by atoms with Crippen LogP contribution < -0.4 is 4.74 Å². The lowest BCUT2D eigenvalue weighted by molar-refractivity contribution is 0.152. The van der Waals surface area contributed by atoms with Crippen molar-refractivity contribution in [2.75, 3.05) is 40.5 Å². The maximum atomic E-state index is 8.84. The van der Waals surface area contributed by atoms with Crippen molar-refractivity contribution < 1.29 is 14.6 Å². The number of methoxy groups -OCH3 is 2. The van der Waals surface area contributed by atoms with E-state index in [1.54, 1.807) is 14.2 Å². The number of hydrogen-bond acceptors (Lipinski definition) is 4. The van der Waals surface area contributed by atoms with Crippen LogP contribution in [0.1, 0.15) is 17.5 Å². The van der Waals surface area contributed by atoms with Gasteiger partial charge in [0, 0.05) is 20.2 Å². The van der Waals surface area contributed by atoms with Gasteiger partial charge in [0.2, 0.25) is 0 Å². The van der Waals surface area contributed by atoms with Crippen LogP contribution in [0.5, 0.6) is 5.75 Å². The van der Waals surface area contributed by atoms with Crippen LogP contribution in [0, 0.1) is 17.8 Å². The van der Waals surface area contributed by atoms with Crippen LogP contribution in [-0.2, 0) is 11.3 Å². The summed E-state index contributed by atoms with van der Waals surface area (Å²) in [6.45, 7) is 3.80. The summed E-state index contributed by atoms with van der Waals surface area (Å²) in [5.41, 5.74) is 2.05. The normalized spacial score (nSPS) is 18.3. The predicted molar refractivity (Wildman–Crippen MR) is 82.2 cm³/mol. The molecule has 1 fully saturated rings. The monoisotopic (exact) mass is 289 g/mol. The molecular weight excluding hydrogens is 266 g/mol. The van der Waals surface area contributed by atoms with Crippen LogP contribution in [0.4, 0.5) is 0 Å². The van der Waals surface area contributed by atoms with Gasteiger partial charge in [-0.1, -0.05) is 17.9 Å². The molecule has 1 aliphatic rings. The summed E-state index contributed by atoms with van der Waals surface area (Å²) in [5, 5.41) is 8.84. The van der Waals surface area contributed by atoms with Gasteiger partial charge in [-0.3, -0.25) is 4.90 Å². The van der Waals surface area contributed by atoms with Gasteiger partial charge < -0.3 is 14.6 Å². The summed E-state index contributed by atoms with van der Waals surface area (Å²) >= 11 is 0. The molecule has 4 nitrogen and oxygen atoms in total.